The normalized spacial score (nSPS) is 16.8. The first-order chi connectivity index (χ1) is 13.2. The summed E-state index contributed by atoms with van der Waals surface area (Å²) in [5, 5.41) is 2.99. The van der Waals surface area contributed by atoms with Crippen LogP contribution in [-0.4, -0.2) is 45.4 Å². The topological polar surface area (TPSA) is 67.2 Å². The molecule has 1 atom stereocenters. The van der Waals surface area contributed by atoms with Gasteiger partial charge in [0, 0.05) is 19.5 Å². The van der Waals surface area contributed by atoms with Crippen LogP contribution in [0.15, 0.2) is 60.9 Å². The van der Waals surface area contributed by atoms with E-state index >= 15 is 0 Å². The highest BCUT2D eigenvalue weighted by molar-refractivity contribution is 5.83. The lowest BCUT2D eigenvalue weighted by Gasteiger charge is -2.17. The van der Waals surface area contributed by atoms with Crippen molar-refractivity contribution in [1.29, 1.82) is 0 Å². The highest BCUT2D eigenvalue weighted by atomic mass is 16.2. The Labute approximate surface area is 157 Å². The lowest BCUT2D eigenvalue weighted by atomic mass is 10.1. The summed E-state index contributed by atoms with van der Waals surface area (Å²) in [7, 11) is 0. The van der Waals surface area contributed by atoms with E-state index in [9.17, 15) is 9.59 Å². The van der Waals surface area contributed by atoms with Gasteiger partial charge >= 0.3 is 0 Å². The zero-order valence-electron chi connectivity index (χ0n) is 15.0. The van der Waals surface area contributed by atoms with Crippen LogP contribution in [-0.2, 0) is 22.6 Å². The molecule has 1 N–H and O–H groups in total. The van der Waals surface area contributed by atoms with Crippen LogP contribution >= 0.6 is 0 Å². The van der Waals surface area contributed by atoms with Crippen LogP contribution in [0.25, 0.3) is 11.0 Å². The molecule has 0 aliphatic carbocycles. The maximum atomic E-state index is 12.4. The molecule has 1 saturated heterocycles. The first kappa shape index (κ1) is 17.3. The van der Waals surface area contributed by atoms with E-state index in [4.69, 9.17) is 0 Å². The van der Waals surface area contributed by atoms with Crippen molar-refractivity contribution >= 4 is 22.8 Å². The number of carbonyl (C=O) groups excluding carboxylic acids is 2. The van der Waals surface area contributed by atoms with Gasteiger partial charge in [-0.2, -0.15) is 0 Å². The molecule has 1 aromatic heterocycles. The van der Waals surface area contributed by atoms with Gasteiger partial charge in [0.25, 0.3) is 0 Å². The number of hydrogen-bond acceptors (Lipinski definition) is 3. The van der Waals surface area contributed by atoms with E-state index in [1.54, 1.807) is 6.33 Å². The number of nitrogens with one attached hydrogen (secondary N) is 1. The van der Waals surface area contributed by atoms with Crippen molar-refractivity contribution in [3.8, 4) is 0 Å². The molecule has 1 aliphatic rings. The Balaban J connectivity index is 1.30. The fourth-order valence-corrected chi connectivity index (χ4v) is 3.56. The summed E-state index contributed by atoms with van der Waals surface area (Å²) >= 11 is 0. The molecule has 1 aliphatic heterocycles. The fraction of sp³-hybridized carbons (Fsp3) is 0.286. The molecule has 0 unspecified atom stereocenters. The summed E-state index contributed by atoms with van der Waals surface area (Å²) in [4.78, 5) is 30.8. The second-order valence-corrected chi connectivity index (χ2v) is 6.91. The molecule has 2 aromatic carbocycles. The average Bonchev–Trinajstić information content (AvgIpc) is 3.24. The highest BCUT2D eigenvalue weighted by Gasteiger charge is 2.30. The van der Waals surface area contributed by atoms with Gasteiger partial charge in [0.2, 0.25) is 11.8 Å². The number of benzene rings is 2. The minimum atomic E-state index is -0.129. The number of likely N-dealkylation sites (tertiary alicyclic amines) is 1. The van der Waals surface area contributed by atoms with Gasteiger partial charge in [-0.3, -0.25) is 9.59 Å². The largest absolute Gasteiger partial charge is 0.350 e. The van der Waals surface area contributed by atoms with Crippen molar-refractivity contribution in [2.75, 3.05) is 13.1 Å². The van der Waals surface area contributed by atoms with Crippen LogP contribution in [0.2, 0.25) is 0 Å². The molecule has 3 aromatic rings. The van der Waals surface area contributed by atoms with Crippen molar-refractivity contribution in [2.45, 2.75) is 25.4 Å². The first-order valence-corrected chi connectivity index (χ1v) is 9.20. The molecule has 6 nitrogen and oxygen atoms in total. The molecular formula is C21H22N4O2. The molecular weight excluding hydrogens is 340 g/mol. The molecule has 0 bridgehead atoms. The Kier molecular flexibility index (Phi) is 4.87. The second kappa shape index (κ2) is 7.61. The summed E-state index contributed by atoms with van der Waals surface area (Å²) < 4.78 is 1.83. The molecule has 0 saturated carbocycles. The lowest BCUT2D eigenvalue weighted by Crippen LogP contribution is -2.39. The van der Waals surface area contributed by atoms with Crippen LogP contribution in [0, 0.1) is 0 Å². The van der Waals surface area contributed by atoms with Gasteiger partial charge in [-0.05, 0) is 24.1 Å². The van der Waals surface area contributed by atoms with E-state index in [0.717, 1.165) is 17.5 Å². The van der Waals surface area contributed by atoms with Gasteiger partial charge in [0.05, 0.1) is 23.4 Å². The monoisotopic (exact) mass is 362 g/mol. The van der Waals surface area contributed by atoms with Crippen LogP contribution in [0.5, 0.6) is 0 Å². The molecule has 0 radical (unpaired) electrons. The second-order valence-electron chi connectivity index (χ2n) is 6.91. The van der Waals surface area contributed by atoms with Crippen LogP contribution in [0.3, 0.4) is 0 Å². The number of fused-ring (bicyclic) bond motifs is 1. The van der Waals surface area contributed by atoms with Crippen LogP contribution < -0.4 is 5.32 Å². The van der Waals surface area contributed by atoms with Gasteiger partial charge < -0.3 is 14.8 Å². The molecule has 2 heterocycles. The Hall–Kier alpha value is -3.15. The number of imidazole rings is 1. The van der Waals surface area contributed by atoms with E-state index in [1.165, 1.54) is 5.56 Å². The lowest BCUT2D eigenvalue weighted by molar-refractivity contribution is -0.127. The number of aromatic nitrogens is 2. The molecule has 6 heteroatoms. The van der Waals surface area contributed by atoms with E-state index in [1.807, 2.05) is 51.9 Å². The number of rotatable bonds is 6. The molecule has 27 heavy (non-hydrogen) atoms. The van der Waals surface area contributed by atoms with Gasteiger partial charge in [-0.15, -0.1) is 0 Å². The smallest absolute Gasteiger partial charge is 0.240 e. The first-order valence-electron chi connectivity index (χ1n) is 9.20. The highest BCUT2D eigenvalue weighted by Crippen LogP contribution is 2.14. The van der Waals surface area contributed by atoms with Crippen molar-refractivity contribution in [3.05, 3.63) is 66.5 Å². The van der Waals surface area contributed by atoms with E-state index in [-0.39, 0.29) is 24.4 Å². The average molecular weight is 362 g/mol. The third kappa shape index (κ3) is 4.00. The van der Waals surface area contributed by atoms with Crippen molar-refractivity contribution in [2.24, 2.45) is 0 Å². The summed E-state index contributed by atoms with van der Waals surface area (Å²) in [5.74, 6) is 0.00479. The number of hydrogen-bond donors (Lipinski definition) is 1. The van der Waals surface area contributed by atoms with E-state index in [2.05, 4.69) is 22.4 Å². The van der Waals surface area contributed by atoms with Gasteiger partial charge in [0.15, 0.2) is 0 Å². The van der Waals surface area contributed by atoms with E-state index in [0.29, 0.717) is 19.5 Å². The molecule has 138 valence electrons. The maximum absolute atomic E-state index is 12.4. The summed E-state index contributed by atoms with van der Waals surface area (Å²) in [6.07, 6.45) is 2.87. The Morgan fingerprint density at radius 2 is 1.89 bits per heavy atom. The molecule has 2 amide bonds. The number of amides is 2. The zero-order valence-corrected chi connectivity index (χ0v) is 15.0. The van der Waals surface area contributed by atoms with Crippen LogP contribution in [0.4, 0.5) is 0 Å². The molecule has 1 fully saturated rings. The summed E-state index contributed by atoms with van der Waals surface area (Å²) in [5.41, 5.74) is 3.01. The fourth-order valence-electron chi connectivity index (χ4n) is 3.56. The minimum Gasteiger partial charge on any atom is -0.350 e. The third-order valence-corrected chi connectivity index (χ3v) is 4.93. The van der Waals surface area contributed by atoms with Crippen molar-refractivity contribution < 1.29 is 9.59 Å². The van der Waals surface area contributed by atoms with Crippen LogP contribution in [0.1, 0.15) is 12.0 Å². The van der Waals surface area contributed by atoms with E-state index < -0.39 is 0 Å². The zero-order chi connectivity index (χ0) is 18.6. The van der Waals surface area contributed by atoms with Crippen molar-refractivity contribution in [3.63, 3.8) is 0 Å². The minimum absolute atomic E-state index is 0.0964. The number of para-hydroxylation sites is 2. The summed E-state index contributed by atoms with van der Waals surface area (Å²) in [6, 6.07) is 17.7. The van der Waals surface area contributed by atoms with Gasteiger partial charge in [-0.1, -0.05) is 42.5 Å². The maximum Gasteiger partial charge on any atom is 0.240 e. The summed E-state index contributed by atoms with van der Waals surface area (Å²) in [6.45, 7) is 1.46. The Morgan fingerprint density at radius 3 is 2.74 bits per heavy atom. The Morgan fingerprint density at radius 1 is 1.11 bits per heavy atom. The molecule has 4 rings (SSSR count). The number of carbonyl (C=O) groups is 2. The molecule has 0 spiro atoms. The predicted octanol–water partition coefficient (Wildman–Crippen LogP) is 2.00. The predicted molar refractivity (Wildman–Crippen MR) is 103 cm³/mol. The number of nitrogens with zero attached hydrogens (tertiary/aromatic N) is 3. The quantitative estimate of drug-likeness (QED) is 0.729. The van der Waals surface area contributed by atoms with Gasteiger partial charge in [-0.25, -0.2) is 4.98 Å². The third-order valence-electron chi connectivity index (χ3n) is 4.93. The van der Waals surface area contributed by atoms with Gasteiger partial charge in [0.1, 0.15) is 6.54 Å². The standard InChI is InChI=1S/C21H22N4O2/c26-20(14-25-15-22-18-8-4-5-9-19(18)25)23-17-12-21(27)24(13-17)11-10-16-6-2-1-3-7-16/h1-9,15,17H,10-14H2,(H,23,26)/t17-/m0/s1. The van der Waals surface area contributed by atoms with Crippen molar-refractivity contribution in [1.82, 2.24) is 19.8 Å². The SMILES string of the molecule is O=C(Cn1cnc2ccccc21)N[C@H]1CC(=O)N(CCc2ccccc2)C1. The Bertz CT molecular complexity index is 951.